The summed E-state index contributed by atoms with van der Waals surface area (Å²) in [7, 11) is -1.99. The summed E-state index contributed by atoms with van der Waals surface area (Å²) < 4.78 is 30.4. The monoisotopic (exact) mass is 339 g/mol. The van der Waals surface area contributed by atoms with E-state index in [1.807, 2.05) is 13.1 Å². The molecule has 0 aliphatic carbocycles. The molecule has 0 radical (unpaired) electrons. The number of nitriles is 1. The number of aromatic nitrogens is 2. The molecule has 0 spiro atoms. The van der Waals surface area contributed by atoms with E-state index in [-0.39, 0.29) is 18.5 Å². The van der Waals surface area contributed by atoms with E-state index in [0.29, 0.717) is 13.1 Å². The Labute approximate surface area is 138 Å². The third-order valence-corrected chi connectivity index (χ3v) is 6.21. The smallest absolute Gasteiger partial charge is 0.281 e. The molecule has 8 heteroatoms. The second-order valence-corrected chi connectivity index (χ2v) is 8.11. The summed E-state index contributed by atoms with van der Waals surface area (Å²) in [6.07, 6.45) is 6.31. The standard InChI is InChI=1S/C15H25N5O2S/c1-4-15-17-7-9-20(15)14-6-5-8-19(12-14)23(21,22)18(3)11-13(2)10-16/h7,9,13-14H,4-6,8,11-12H2,1-3H3/t13-,14-/m1/s1. The highest BCUT2D eigenvalue weighted by Gasteiger charge is 2.33. The molecule has 128 valence electrons. The molecule has 0 saturated carbocycles. The number of hydrogen-bond donors (Lipinski definition) is 0. The number of imidazole rings is 1. The molecular formula is C15H25N5O2S. The Hall–Kier alpha value is -1.43. The second-order valence-electron chi connectivity index (χ2n) is 6.08. The summed E-state index contributed by atoms with van der Waals surface area (Å²) in [5.41, 5.74) is 0. The van der Waals surface area contributed by atoms with Gasteiger partial charge in [0.25, 0.3) is 10.2 Å². The minimum atomic E-state index is -3.53. The van der Waals surface area contributed by atoms with Crippen LogP contribution in [0.3, 0.4) is 0 Å². The van der Waals surface area contributed by atoms with Crippen LogP contribution >= 0.6 is 0 Å². The fourth-order valence-electron chi connectivity index (χ4n) is 3.03. The first-order valence-corrected chi connectivity index (χ1v) is 9.42. The zero-order chi connectivity index (χ0) is 17.0. The van der Waals surface area contributed by atoms with Gasteiger partial charge in [0, 0.05) is 51.5 Å². The van der Waals surface area contributed by atoms with Gasteiger partial charge in [0.1, 0.15) is 5.82 Å². The van der Waals surface area contributed by atoms with Crippen LogP contribution < -0.4 is 0 Å². The van der Waals surface area contributed by atoms with Crippen molar-refractivity contribution in [3.8, 4) is 6.07 Å². The van der Waals surface area contributed by atoms with Gasteiger partial charge in [0.2, 0.25) is 0 Å². The molecule has 1 aliphatic rings. The van der Waals surface area contributed by atoms with Crippen LogP contribution in [0.5, 0.6) is 0 Å². The van der Waals surface area contributed by atoms with Gasteiger partial charge in [-0.25, -0.2) is 4.98 Å². The summed E-state index contributed by atoms with van der Waals surface area (Å²) >= 11 is 0. The largest absolute Gasteiger partial charge is 0.331 e. The Kier molecular flexibility index (Phi) is 5.79. The van der Waals surface area contributed by atoms with Crippen LogP contribution in [0.15, 0.2) is 12.4 Å². The van der Waals surface area contributed by atoms with Crippen LogP contribution in [-0.4, -0.2) is 53.3 Å². The van der Waals surface area contributed by atoms with E-state index < -0.39 is 10.2 Å². The molecule has 0 unspecified atom stereocenters. The maximum atomic E-state index is 12.7. The normalized spacial score (nSPS) is 21.3. The molecule has 1 saturated heterocycles. The molecule has 1 aromatic heterocycles. The minimum Gasteiger partial charge on any atom is -0.331 e. The van der Waals surface area contributed by atoms with Gasteiger partial charge in [-0.3, -0.25) is 0 Å². The van der Waals surface area contributed by atoms with E-state index in [4.69, 9.17) is 5.26 Å². The van der Waals surface area contributed by atoms with Crippen molar-refractivity contribution in [1.82, 2.24) is 18.2 Å². The molecule has 0 amide bonds. The molecule has 2 heterocycles. The second kappa shape index (κ2) is 7.43. The molecule has 0 bridgehead atoms. The number of nitrogens with zero attached hydrogens (tertiary/aromatic N) is 5. The predicted octanol–water partition coefficient (Wildman–Crippen LogP) is 1.42. The molecule has 1 aromatic rings. The first-order valence-electron chi connectivity index (χ1n) is 8.02. The van der Waals surface area contributed by atoms with E-state index in [9.17, 15) is 8.42 Å². The molecule has 0 aromatic carbocycles. The van der Waals surface area contributed by atoms with Crippen molar-refractivity contribution in [2.75, 3.05) is 26.7 Å². The van der Waals surface area contributed by atoms with Crippen LogP contribution in [0, 0.1) is 17.2 Å². The highest BCUT2D eigenvalue weighted by atomic mass is 32.2. The van der Waals surface area contributed by atoms with E-state index in [1.165, 1.54) is 8.61 Å². The third kappa shape index (κ3) is 3.91. The lowest BCUT2D eigenvalue weighted by Gasteiger charge is -2.35. The van der Waals surface area contributed by atoms with E-state index in [0.717, 1.165) is 25.1 Å². The quantitative estimate of drug-likeness (QED) is 0.785. The Morgan fingerprint density at radius 1 is 1.57 bits per heavy atom. The SMILES string of the molecule is CCc1nccn1[C@@H]1CCCN(S(=O)(=O)N(C)C[C@H](C)C#N)C1. The van der Waals surface area contributed by atoms with Crippen molar-refractivity contribution >= 4 is 10.2 Å². The maximum absolute atomic E-state index is 12.7. The topological polar surface area (TPSA) is 82.2 Å². The average Bonchev–Trinajstić information content (AvgIpc) is 3.03. The molecule has 0 N–H and O–H groups in total. The van der Waals surface area contributed by atoms with Gasteiger partial charge >= 0.3 is 0 Å². The zero-order valence-electron chi connectivity index (χ0n) is 14.0. The summed E-state index contributed by atoms with van der Waals surface area (Å²) in [5.74, 6) is 0.663. The van der Waals surface area contributed by atoms with Crippen LogP contribution in [0.4, 0.5) is 0 Å². The van der Waals surface area contributed by atoms with Crippen molar-refractivity contribution in [2.45, 2.75) is 39.2 Å². The minimum absolute atomic E-state index is 0.123. The van der Waals surface area contributed by atoms with Crippen molar-refractivity contribution in [3.05, 3.63) is 18.2 Å². The number of aryl methyl sites for hydroxylation is 1. The molecule has 7 nitrogen and oxygen atoms in total. The zero-order valence-corrected chi connectivity index (χ0v) is 14.8. The van der Waals surface area contributed by atoms with Crippen LogP contribution in [0.2, 0.25) is 0 Å². The van der Waals surface area contributed by atoms with Crippen LogP contribution in [0.25, 0.3) is 0 Å². The Bertz CT molecular complexity index is 664. The number of piperidine rings is 1. The summed E-state index contributed by atoms with van der Waals surface area (Å²) in [4.78, 5) is 4.33. The summed E-state index contributed by atoms with van der Waals surface area (Å²) in [5, 5.41) is 8.89. The van der Waals surface area contributed by atoms with Crippen molar-refractivity contribution in [2.24, 2.45) is 5.92 Å². The van der Waals surface area contributed by atoms with Crippen molar-refractivity contribution in [3.63, 3.8) is 0 Å². The number of rotatable bonds is 6. The fourth-order valence-corrected chi connectivity index (χ4v) is 4.55. The number of hydrogen-bond acceptors (Lipinski definition) is 4. The van der Waals surface area contributed by atoms with Crippen molar-refractivity contribution < 1.29 is 8.42 Å². The fraction of sp³-hybridized carbons (Fsp3) is 0.733. The summed E-state index contributed by atoms with van der Waals surface area (Å²) in [6.45, 7) is 4.97. The highest BCUT2D eigenvalue weighted by Crippen LogP contribution is 2.25. The molecule has 1 fully saturated rings. The van der Waals surface area contributed by atoms with Gasteiger partial charge in [0.15, 0.2) is 0 Å². The predicted molar refractivity (Wildman–Crippen MR) is 87.8 cm³/mol. The van der Waals surface area contributed by atoms with E-state index in [2.05, 4.69) is 15.6 Å². The molecule has 2 atom stereocenters. The van der Waals surface area contributed by atoms with E-state index >= 15 is 0 Å². The lowest BCUT2D eigenvalue weighted by molar-refractivity contribution is 0.247. The lowest BCUT2D eigenvalue weighted by atomic mass is 10.1. The molecular weight excluding hydrogens is 314 g/mol. The third-order valence-electron chi connectivity index (χ3n) is 4.29. The first-order chi connectivity index (χ1) is 10.9. The Morgan fingerprint density at radius 3 is 2.96 bits per heavy atom. The lowest BCUT2D eigenvalue weighted by Crippen LogP contribution is -2.48. The molecule has 1 aliphatic heterocycles. The van der Waals surface area contributed by atoms with Crippen LogP contribution in [0.1, 0.15) is 38.6 Å². The van der Waals surface area contributed by atoms with Gasteiger partial charge in [-0.1, -0.05) is 6.92 Å². The summed E-state index contributed by atoms with van der Waals surface area (Å²) in [6, 6.07) is 2.20. The van der Waals surface area contributed by atoms with Gasteiger partial charge in [-0.2, -0.15) is 22.3 Å². The van der Waals surface area contributed by atoms with E-state index in [1.54, 1.807) is 20.2 Å². The average molecular weight is 339 g/mol. The van der Waals surface area contributed by atoms with Crippen molar-refractivity contribution in [1.29, 1.82) is 5.26 Å². The van der Waals surface area contributed by atoms with Crippen LogP contribution in [-0.2, 0) is 16.6 Å². The van der Waals surface area contributed by atoms with Gasteiger partial charge in [0.05, 0.1) is 12.0 Å². The first kappa shape index (κ1) is 17.9. The molecule has 2 rings (SSSR count). The maximum Gasteiger partial charge on any atom is 0.281 e. The Balaban J connectivity index is 2.13. The molecule has 23 heavy (non-hydrogen) atoms. The van der Waals surface area contributed by atoms with Gasteiger partial charge < -0.3 is 4.57 Å². The Morgan fingerprint density at radius 2 is 2.30 bits per heavy atom. The van der Waals surface area contributed by atoms with Gasteiger partial charge in [-0.15, -0.1) is 0 Å². The van der Waals surface area contributed by atoms with Gasteiger partial charge in [-0.05, 0) is 19.8 Å². The highest BCUT2D eigenvalue weighted by molar-refractivity contribution is 7.86.